The first-order chi connectivity index (χ1) is 9.47. The third-order valence-corrected chi connectivity index (χ3v) is 3.06. The largest absolute Gasteiger partial charge is 0.508 e. The second kappa shape index (κ2) is 5.70. The number of amides is 1. The van der Waals surface area contributed by atoms with Crippen LogP contribution in [0.5, 0.6) is 5.75 Å². The van der Waals surface area contributed by atoms with Gasteiger partial charge in [-0.15, -0.1) is 0 Å². The fourth-order valence-corrected chi connectivity index (χ4v) is 1.84. The molecule has 0 saturated carbocycles. The number of hydrogen-bond donors (Lipinski definition) is 2. The number of nitro benzene ring substituents is 1. The Morgan fingerprint density at radius 1 is 1.20 bits per heavy atom. The molecule has 1 amide bonds. The molecule has 0 saturated heterocycles. The van der Waals surface area contributed by atoms with Crippen LogP contribution in [-0.2, 0) is 0 Å². The molecule has 2 N–H and O–H groups in total. The second-order valence-corrected chi connectivity index (χ2v) is 4.84. The van der Waals surface area contributed by atoms with E-state index in [9.17, 15) is 20.0 Å². The van der Waals surface area contributed by atoms with Crippen molar-refractivity contribution < 1.29 is 14.8 Å². The van der Waals surface area contributed by atoms with Gasteiger partial charge in [-0.05, 0) is 36.4 Å². The molecule has 7 heteroatoms. The highest BCUT2D eigenvalue weighted by Crippen LogP contribution is 2.28. The number of nitrogens with one attached hydrogen (secondary N) is 1. The summed E-state index contributed by atoms with van der Waals surface area (Å²) < 4.78 is 0.824. The molecule has 0 aliphatic rings. The highest BCUT2D eigenvalue weighted by molar-refractivity contribution is 9.10. The molecule has 2 aromatic rings. The molecule has 20 heavy (non-hydrogen) atoms. The first-order valence-corrected chi connectivity index (χ1v) is 6.31. The first-order valence-electron chi connectivity index (χ1n) is 5.51. The van der Waals surface area contributed by atoms with E-state index in [1.165, 1.54) is 12.1 Å². The molecule has 0 aliphatic heterocycles. The second-order valence-electron chi connectivity index (χ2n) is 3.92. The minimum atomic E-state index is -0.670. The Labute approximate surface area is 122 Å². The number of benzene rings is 2. The number of nitro groups is 1. The zero-order chi connectivity index (χ0) is 14.7. The molecule has 0 spiro atoms. The van der Waals surface area contributed by atoms with Gasteiger partial charge in [-0.3, -0.25) is 14.9 Å². The summed E-state index contributed by atoms with van der Waals surface area (Å²) in [5.41, 5.74) is 0.0340. The van der Waals surface area contributed by atoms with Gasteiger partial charge in [-0.25, -0.2) is 0 Å². The normalized spacial score (nSPS) is 10.1. The predicted molar refractivity (Wildman–Crippen MR) is 76.9 cm³/mol. The van der Waals surface area contributed by atoms with Crippen LogP contribution in [0.15, 0.2) is 46.9 Å². The summed E-state index contributed by atoms with van der Waals surface area (Å²) in [6, 6.07) is 10.1. The van der Waals surface area contributed by atoms with Crippen molar-refractivity contribution in [1.29, 1.82) is 0 Å². The number of nitrogens with zero attached hydrogens (tertiary/aromatic N) is 1. The van der Waals surface area contributed by atoms with Crippen LogP contribution in [-0.4, -0.2) is 15.9 Å². The molecule has 102 valence electrons. The Kier molecular flexibility index (Phi) is 3.99. The number of carbonyl (C=O) groups excluding carboxylic acids is 1. The van der Waals surface area contributed by atoms with Crippen molar-refractivity contribution in [1.82, 2.24) is 0 Å². The fraction of sp³-hybridized carbons (Fsp3) is 0. The van der Waals surface area contributed by atoms with Crippen LogP contribution in [0.2, 0.25) is 0 Å². The maximum atomic E-state index is 12.0. The molecule has 6 nitrogen and oxygen atoms in total. The SMILES string of the molecule is O=C(Nc1ccc(O)cc1[N+](=O)[O-])c1ccc(Br)cc1. The van der Waals surface area contributed by atoms with Crippen molar-refractivity contribution >= 4 is 33.2 Å². The standard InChI is InChI=1S/C13H9BrN2O4/c14-9-3-1-8(2-4-9)13(18)15-11-6-5-10(17)7-12(11)16(19)20/h1-7,17H,(H,15,18). The minimum absolute atomic E-state index is 0.0284. The van der Waals surface area contributed by atoms with E-state index >= 15 is 0 Å². The lowest BCUT2D eigenvalue weighted by Gasteiger charge is -2.06. The van der Waals surface area contributed by atoms with Crippen molar-refractivity contribution in [2.75, 3.05) is 5.32 Å². The maximum Gasteiger partial charge on any atom is 0.296 e. The molecule has 0 unspecified atom stereocenters. The van der Waals surface area contributed by atoms with E-state index < -0.39 is 10.8 Å². The van der Waals surface area contributed by atoms with Gasteiger partial charge in [0, 0.05) is 10.0 Å². The lowest BCUT2D eigenvalue weighted by atomic mass is 10.2. The van der Waals surface area contributed by atoms with Gasteiger partial charge in [-0.1, -0.05) is 15.9 Å². The van der Waals surface area contributed by atoms with Crippen molar-refractivity contribution in [2.45, 2.75) is 0 Å². The molecule has 0 heterocycles. The highest BCUT2D eigenvalue weighted by atomic mass is 79.9. The molecule has 0 fully saturated rings. The van der Waals surface area contributed by atoms with Crippen LogP contribution in [0.1, 0.15) is 10.4 Å². The zero-order valence-corrected chi connectivity index (χ0v) is 11.6. The smallest absolute Gasteiger partial charge is 0.296 e. The van der Waals surface area contributed by atoms with E-state index in [0.717, 1.165) is 10.5 Å². The predicted octanol–water partition coefficient (Wildman–Crippen LogP) is 3.32. The Morgan fingerprint density at radius 2 is 1.85 bits per heavy atom. The highest BCUT2D eigenvalue weighted by Gasteiger charge is 2.17. The number of rotatable bonds is 3. The van der Waals surface area contributed by atoms with E-state index in [1.807, 2.05) is 0 Å². The van der Waals surface area contributed by atoms with Crippen molar-refractivity contribution in [2.24, 2.45) is 0 Å². The number of anilines is 1. The van der Waals surface area contributed by atoms with Crippen molar-refractivity contribution in [3.63, 3.8) is 0 Å². The topological polar surface area (TPSA) is 92.5 Å². The van der Waals surface area contributed by atoms with Gasteiger partial charge in [0.05, 0.1) is 11.0 Å². The number of hydrogen-bond acceptors (Lipinski definition) is 4. The average Bonchev–Trinajstić information content (AvgIpc) is 2.41. The molecule has 0 aromatic heterocycles. The number of carbonyl (C=O) groups is 1. The quantitative estimate of drug-likeness (QED) is 0.510. The molecule has 0 atom stereocenters. The van der Waals surface area contributed by atoms with Crippen molar-refractivity contribution in [3.8, 4) is 5.75 Å². The third-order valence-electron chi connectivity index (χ3n) is 2.53. The third kappa shape index (κ3) is 3.12. The van der Waals surface area contributed by atoms with E-state index in [4.69, 9.17) is 0 Å². The Morgan fingerprint density at radius 3 is 2.45 bits per heavy atom. The molecule has 0 aliphatic carbocycles. The number of phenols is 1. The monoisotopic (exact) mass is 336 g/mol. The van der Waals surface area contributed by atoms with Crippen molar-refractivity contribution in [3.05, 3.63) is 62.6 Å². The summed E-state index contributed by atoms with van der Waals surface area (Å²) in [5, 5.41) is 22.6. The molecule has 0 radical (unpaired) electrons. The molecular weight excluding hydrogens is 328 g/mol. The minimum Gasteiger partial charge on any atom is -0.508 e. The summed E-state index contributed by atoms with van der Waals surface area (Å²) in [6.07, 6.45) is 0. The number of phenolic OH excluding ortho intramolecular Hbond substituents is 1. The zero-order valence-electron chi connectivity index (χ0n) is 10.0. The van der Waals surface area contributed by atoms with Gasteiger partial charge in [0.15, 0.2) is 0 Å². The van der Waals surface area contributed by atoms with E-state index in [1.54, 1.807) is 24.3 Å². The number of aromatic hydroxyl groups is 1. The van der Waals surface area contributed by atoms with Gasteiger partial charge in [-0.2, -0.15) is 0 Å². The van der Waals surface area contributed by atoms with Gasteiger partial charge < -0.3 is 10.4 Å². The van der Waals surface area contributed by atoms with Gasteiger partial charge >= 0.3 is 0 Å². The van der Waals surface area contributed by atoms with Gasteiger partial charge in [0.25, 0.3) is 11.6 Å². The average molecular weight is 337 g/mol. The van der Waals surface area contributed by atoms with Gasteiger partial charge in [0.2, 0.25) is 0 Å². The van der Waals surface area contributed by atoms with Gasteiger partial charge in [0.1, 0.15) is 11.4 Å². The van der Waals surface area contributed by atoms with Crippen LogP contribution in [0, 0.1) is 10.1 Å². The summed E-state index contributed by atoms with van der Waals surface area (Å²) >= 11 is 3.25. The first kappa shape index (κ1) is 14.0. The van der Waals surface area contributed by atoms with Crippen LogP contribution in [0.3, 0.4) is 0 Å². The van der Waals surface area contributed by atoms with E-state index in [0.29, 0.717) is 5.56 Å². The lowest BCUT2D eigenvalue weighted by Crippen LogP contribution is -2.12. The maximum absolute atomic E-state index is 12.0. The Bertz CT molecular complexity index is 671. The van der Waals surface area contributed by atoms with E-state index in [2.05, 4.69) is 21.2 Å². The van der Waals surface area contributed by atoms with Crippen LogP contribution in [0.4, 0.5) is 11.4 Å². The molecule has 2 rings (SSSR count). The fourth-order valence-electron chi connectivity index (χ4n) is 1.57. The Hall–Kier alpha value is -2.41. The molecular formula is C13H9BrN2O4. The molecule has 0 bridgehead atoms. The number of halogens is 1. The molecule has 2 aromatic carbocycles. The Balaban J connectivity index is 2.28. The summed E-state index contributed by atoms with van der Waals surface area (Å²) in [4.78, 5) is 22.2. The summed E-state index contributed by atoms with van der Waals surface area (Å²) in [5.74, 6) is -0.704. The summed E-state index contributed by atoms with van der Waals surface area (Å²) in [6.45, 7) is 0. The van der Waals surface area contributed by atoms with Crippen LogP contribution >= 0.6 is 15.9 Å². The summed E-state index contributed by atoms with van der Waals surface area (Å²) in [7, 11) is 0. The van der Waals surface area contributed by atoms with Crippen LogP contribution in [0.25, 0.3) is 0 Å². The van der Waals surface area contributed by atoms with E-state index in [-0.39, 0.29) is 17.1 Å². The van der Waals surface area contributed by atoms with Crippen LogP contribution < -0.4 is 5.32 Å². The lowest BCUT2D eigenvalue weighted by molar-refractivity contribution is -0.384.